The van der Waals surface area contributed by atoms with Gasteiger partial charge in [-0.05, 0) is 116 Å². The van der Waals surface area contributed by atoms with Crippen LogP contribution >= 0.6 is 23.1 Å². The third-order valence-electron chi connectivity index (χ3n) is 13.2. The topological polar surface area (TPSA) is 163 Å². The number of nitrogens with zero attached hydrogens (tertiary/aromatic N) is 8. The van der Waals surface area contributed by atoms with Gasteiger partial charge in [0, 0.05) is 98.0 Å². The predicted molar refractivity (Wildman–Crippen MR) is 262 cm³/mol. The minimum Gasteiger partial charge on any atom is -0.494 e. The fourth-order valence-corrected chi connectivity index (χ4v) is 11.5. The molecule has 15 nitrogen and oxygen atoms in total. The Morgan fingerprint density at radius 3 is 2.45 bits per heavy atom. The fourth-order valence-electron chi connectivity index (χ4n) is 9.73. The van der Waals surface area contributed by atoms with Crippen LogP contribution in [0.3, 0.4) is 0 Å². The molecule has 6 heterocycles. The van der Waals surface area contributed by atoms with Crippen LogP contribution in [0.5, 0.6) is 5.75 Å². The van der Waals surface area contributed by atoms with E-state index in [-0.39, 0.29) is 11.8 Å². The largest absolute Gasteiger partial charge is 0.494 e. The van der Waals surface area contributed by atoms with Crippen LogP contribution in [0.4, 0.5) is 28.8 Å². The van der Waals surface area contributed by atoms with E-state index in [1.54, 1.807) is 31.3 Å². The Balaban J connectivity index is 0.799. The highest BCUT2D eigenvalue weighted by atomic mass is 79.9. The van der Waals surface area contributed by atoms with Crippen LogP contribution in [0, 0.1) is 6.92 Å². The van der Waals surface area contributed by atoms with Crippen molar-refractivity contribution in [2.24, 2.45) is 0 Å². The number of aryl methyl sites for hydroxylation is 2. The molecule has 1 atom stereocenters. The number of halogens is 1. The molecule has 3 aromatic carbocycles. The molecule has 3 aliphatic heterocycles. The molecular weight excluding hydrogens is 905 g/mol. The van der Waals surface area contributed by atoms with Crippen molar-refractivity contribution in [1.29, 1.82) is 0 Å². The second-order valence-corrected chi connectivity index (χ2v) is 21.8. The number of ether oxygens (including phenoxy) is 1. The van der Waals surface area contributed by atoms with E-state index in [1.807, 2.05) is 37.4 Å². The van der Waals surface area contributed by atoms with Crippen LogP contribution in [-0.2, 0) is 27.0 Å². The van der Waals surface area contributed by atoms with E-state index >= 15 is 0 Å². The third kappa shape index (κ3) is 9.63. The molecule has 0 spiro atoms. The molecule has 9 rings (SSSR count). The van der Waals surface area contributed by atoms with E-state index < -0.39 is 13.2 Å². The van der Waals surface area contributed by atoms with Crippen molar-refractivity contribution in [1.82, 2.24) is 39.8 Å². The molecule has 6 aromatic rings. The number of aromatic nitrogens is 5. The number of hydrogen-bond donors (Lipinski definition) is 3. The molecular formula is C48H57BrN11O4P. The molecule has 65 heavy (non-hydrogen) atoms. The Morgan fingerprint density at radius 1 is 0.908 bits per heavy atom. The number of piperidine rings is 2. The van der Waals surface area contributed by atoms with E-state index in [2.05, 4.69) is 98.9 Å². The maximum Gasteiger partial charge on any atom is 0.251 e. The summed E-state index contributed by atoms with van der Waals surface area (Å²) in [7, 11) is -1.03. The summed E-state index contributed by atoms with van der Waals surface area (Å²) >= 11 is 3.63. The highest BCUT2D eigenvalue weighted by Crippen LogP contribution is 2.42. The van der Waals surface area contributed by atoms with E-state index in [4.69, 9.17) is 9.72 Å². The smallest absolute Gasteiger partial charge is 0.251 e. The van der Waals surface area contributed by atoms with E-state index in [0.717, 1.165) is 116 Å². The van der Waals surface area contributed by atoms with Gasteiger partial charge in [0.25, 0.3) is 5.91 Å². The summed E-state index contributed by atoms with van der Waals surface area (Å²) in [6.07, 6.45) is 8.38. The number of imide groups is 1. The van der Waals surface area contributed by atoms with Gasteiger partial charge in [-0.3, -0.25) is 29.5 Å². The average Bonchev–Trinajstić information content (AvgIpc) is 3.72. The summed E-state index contributed by atoms with van der Waals surface area (Å²) in [5.41, 5.74) is 7.83. The fraction of sp³-hybridized carbons (Fsp3) is 0.417. The summed E-state index contributed by atoms with van der Waals surface area (Å²) < 4.78 is 22.1. The molecule has 3 saturated heterocycles. The number of hydrogen-bond acceptors (Lipinski definition) is 13. The molecule has 17 heteroatoms. The van der Waals surface area contributed by atoms with Gasteiger partial charge < -0.3 is 29.7 Å². The maximum absolute atomic E-state index is 13.7. The van der Waals surface area contributed by atoms with Crippen molar-refractivity contribution in [3.63, 3.8) is 0 Å². The Morgan fingerprint density at radius 2 is 1.71 bits per heavy atom. The Hall–Kier alpha value is -5.41. The second kappa shape index (κ2) is 18.8. The van der Waals surface area contributed by atoms with Gasteiger partial charge in [-0.25, -0.2) is 4.98 Å². The van der Waals surface area contributed by atoms with Crippen molar-refractivity contribution < 1.29 is 18.9 Å². The summed E-state index contributed by atoms with van der Waals surface area (Å²) in [6, 6.07) is 18.6. The summed E-state index contributed by atoms with van der Waals surface area (Å²) in [5, 5.41) is 16.5. The van der Waals surface area contributed by atoms with Crippen molar-refractivity contribution in [3.05, 3.63) is 88.3 Å². The summed E-state index contributed by atoms with van der Waals surface area (Å²) in [4.78, 5) is 46.0. The number of fused-ring (bicyclic) bond motifs is 2. The highest BCUT2D eigenvalue weighted by molar-refractivity contribution is 9.10. The number of benzene rings is 3. The Bertz CT molecular complexity index is 2810. The van der Waals surface area contributed by atoms with E-state index in [1.165, 1.54) is 16.8 Å². The standard InChI is InChI=1S/C48H57BrN11O4P/c1-6-32-26-39(54-48-50-29-36(49)46(56-48)53-38-11-10-37-35(9-7-30(2)52-37)45(38)65(4,5)63)43(64-3)27-42(32)59-19-16-34(17-20-59)58-23-21-57(22-24-58)18-15-31-8-12-40-33(25-31)28-51-60(40)41-13-14-44(61)55-47(41)62/h7-12,25-29,34,41H,6,13-24H2,1-5H3,(H,55,61,62)(H2,50,53,54,56). The van der Waals surface area contributed by atoms with Crippen LogP contribution in [0.1, 0.15) is 55.5 Å². The number of nitrogens with one attached hydrogen (secondary N) is 3. The number of carbonyl (C=O) groups is 2. The first-order valence-corrected chi connectivity index (χ1v) is 26.0. The van der Waals surface area contributed by atoms with Gasteiger partial charge >= 0.3 is 0 Å². The number of piperazine rings is 1. The SMILES string of the molecule is CCc1cc(Nc2ncc(Br)c(Nc3ccc4nc(C)ccc4c3P(C)(C)=O)n2)c(OC)cc1N1CCC(N2CCN(CCc3ccc4c(cnn4C4CCC(=O)NC4=O)c3)CC2)CC1. The Labute approximate surface area is 388 Å². The minimum atomic E-state index is -2.72. The molecule has 3 aromatic heterocycles. The lowest BCUT2D eigenvalue weighted by Gasteiger charge is -2.43. The molecule has 0 saturated carbocycles. The van der Waals surface area contributed by atoms with Gasteiger partial charge in [-0.1, -0.05) is 19.1 Å². The lowest BCUT2D eigenvalue weighted by atomic mass is 9.99. The van der Waals surface area contributed by atoms with Gasteiger partial charge in [0.05, 0.1) is 40.2 Å². The first-order valence-electron chi connectivity index (χ1n) is 22.6. The van der Waals surface area contributed by atoms with Crippen LogP contribution in [0.2, 0.25) is 0 Å². The first-order chi connectivity index (χ1) is 31.3. The van der Waals surface area contributed by atoms with Gasteiger partial charge in [0.2, 0.25) is 11.9 Å². The molecule has 0 aliphatic carbocycles. The number of carbonyl (C=O) groups excluding carboxylic acids is 2. The molecule has 3 aliphatic rings. The number of rotatable bonds is 13. The van der Waals surface area contributed by atoms with Crippen molar-refractivity contribution >= 4 is 90.8 Å². The third-order valence-corrected chi connectivity index (χ3v) is 15.3. The number of anilines is 5. The molecule has 3 fully saturated rings. The number of pyridine rings is 1. The number of methoxy groups -OCH3 is 1. The zero-order valence-corrected chi connectivity index (χ0v) is 40.2. The van der Waals surface area contributed by atoms with Crippen LogP contribution in [0.15, 0.2) is 71.5 Å². The van der Waals surface area contributed by atoms with Gasteiger partial charge in [0.15, 0.2) is 0 Å². The molecule has 0 bridgehead atoms. The summed E-state index contributed by atoms with van der Waals surface area (Å²) in [5.74, 6) is 1.17. The second-order valence-electron chi connectivity index (χ2n) is 17.8. The van der Waals surface area contributed by atoms with Crippen LogP contribution in [0.25, 0.3) is 21.8 Å². The molecule has 340 valence electrons. The van der Waals surface area contributed by atoms with Gasteiger partial charge in [-0.15, -0.1) is 0 Å². The quantitative estimate of drug-likeness (QED) is 0.0769. The molecule has 1 unspecified atom stereocenters. The monoisotopic (exact) mass is 961 g/mol. The van der Waals surface area contributed by atoms with Crippen molar-refractivity contribution in [2.75, 3.05) is 81.8 Å². The van der Waals surface area contributed by atoms with Gasteiger partial charge in [0.1, 0.15) is 24.8 Å². The average molecular weight is 963 g/mol. The van der Waals surface area contributed by atoms with Crippen LogP contribution < -0.4 is 30.9 Å². The molecule has 3 N–H and O–H groups in total. The van der Waals surface area contributed by atoms with Gasteiger partial charge in [-0.2, -0.15) is 10.1 Å². The normalized spacial score (nSPS) is 18.1. The van der Waals surface area contributed by atoms with E-state index in [9.17, 15) is 14.2 Å². The van der Waals surface area contributed by atoms with Crippen molar-refractivity contribution in [2.45, 2.75) is 64.5 Å². The lowest BCUT2D eigenvalue weighted by Crippen LogP contribution is -2.53. The van der Waals surface area contributed by atoms with Crippen LogP contribution in [-0.4, -0.2) is 119 Å². The predicted octanol–water partition coefficient (Wildman–Crippen LogP) is 7.56. The zero-order chi connectivity index (χ0) is 45.4. The summed E-state index contributed by atoms with van der Waals surface area (Å²) in [6.45, 7) is 14.9. The van der Waals surface area contributed by atoms with E-state index in [0.29, 0.717) is 40.8 Å². The minimum absolute atomic E-state index is 0.218. The lowest BCUT2D eigenvalue weighted by molar-refractivity contribution is -0.135. The molecule has 2 amide bonds. The zero-order valence-electron chi connectivity index (χ0n) is 37.7. The highest BCUT2D eigenvalue weighted by Gasteiger charge is 2.31. The van der Waals surface area contributed by atoms with Crippen molar-refractivity contribution in [3.8, 4) is 5.75 Å². The Kier molecular flexibility index (Phi) is 13.0. The molecule has 0 radical (unpaired) electrons. The first kappa shape index (κ1) is 44.8. The maximum atomic E-state index is 13.7. The number of amides is 2.